The molecule has 3 aromatic heterocycles. The first-order valence-corrected chi connectivity index (χ1v) is 19.9. The fourth-order valence-corrected chi connectivity index (χ4v) is 7.83. The van der Waals surface area contributed by atoms with E-state index in [1.807, 2.05) is 115 Å². The van der Waals surface area contributed by atoms with Crippen molar-refractivity contribution >= 4 is 49.7 Å². The second-order valence-electron chi connectivity index (χ2n) is 14.6. The third-order valence-electron chi connectivity index (χ3n) is 10.8. The van der Waals surface area contributed by atoms with E-state index in [1.165, 1.54) is 10.8 Å². The Labute approximate surface area is 348 Å². The van der Waals surface area contributed by atoms with E-state index in [9.17, 15) is 0 Å². The minimum atomic E-state index is 0.484. The highest BCUT2D eigenvalue weighted by molar-refractivity contribution is 6.21. The van der Waals surface area contributed by atoms with Gasteiger partial charge < -0.3 is 5.73 Å². The van der Waals surface area contributed by atoms with E-state index in [4.69, 9.17) is 25.7 Å². The molecular formula is C54H38N6. The van der Waals surface area contributed by atoms with Crippen LogP contribution in [-0.2, 0) is 0 Å². The molecule has 284 valence electrons. The summed E-state index contributed by atoms with van der Waals surface area (Å²) in [5.74, 6) is 1.17. The van der Waals surface area contributed by atoms with Gasteiger partial charge >= 0.3 is 0 Å². The number of hydrogen-bond acceptors (Lipinski definition) is 5. The molecule has 0 aliphatic rings. The number of pyridine rings is 1. The van der Waals surface area contributed by atoms with Crippen molar-refractivity contribution in [1.82, 2.24) is 19.5 Å². The van der Waals surface area contributed by atoms with Gasteiger partial charge in [0.25, 0.3) is 0 Å². The first kappa shape index (κ1) is 36.1. The molecule has 0 amide bonds. The summed E-state index contributed by atoms with van der Waals surface area (Å²) in [6.07, 6.45) is 1.91. The maximum Gasteiger partial charge on any atom is 0.179 e. The molecule has 0 aliphatic carbocycles. The number of allylic oxidation sites excluding steroid dienone is 1. The first-order chi connectivity index (χ1) is 29.6. The molecule has 2 N–H and O–H groups in total. The van der Waals surface area contributed by atoms with Gasteiger partial charge in [-0.05, 0) is 52.7 Å². The van der Waals surface area contributed by atoms with Crippen molar-refractivity contribution in [3.63, 3.8) is 0 Å². The number of para-hydroxylation sites is 1. The highest BCUT2D eigenvalue weighted by Crippen LogP contribution is 2.38. The van der Waals surface area contributed by atoms with Crippen LogP contribution in [0.3, 0.4) is 0 Å². The van der Waals surface area contributed by atoms with Crippen LogP contribution in [0.2, 0.25) is 0 Å². The highest BCUT2D eigenvalue weighted by Gasteiger charge is 2.20. The van der Waals surface area contributed by atoms with Gasteiger partial charge in [-0.15, -0.1) is 0 Å². The summed E-state index contributed by atoms with van der Waals surface area (Å²) in [5.41, 5.74) is 17.3. The predicted octanol–water partition coefficient (Wildman–Crippen LogP) is 12.6. The van der Waals surface area contributed by atoms with Crippen LogP contribution in [0.1, 0.15) is 16.7 Å². The lowest BCUT2D eigenvalue weighted by atomic mass is 10.0. The van der Waals surface area contributed by atoms with Crippen LogP contribution >= 0.6 is 0 Å². The SMILES string of the molecule is C=C(N=C(/C=C(\N)c1ccccc1)c1ccccc1)c1cc(-c2nc(-c3ccccc3)cc(-c3ccccc3)n2)nc(-n2c3ccccc3c3c4ccccc4ccc32)c1. The summed E-state index contributed by atoms with van der Waals surface area (Å²) in [6.45, 7) is 4.59. The van der Waals surface area contributed by atoms with E-state index in [2.05, 4.69) is 102 Å². The molecule has 7 aromatic carbocycles. The van der Waals surface area contributed by atoms with Crippen LogP contribution in [0.4, 0.5) is 0 Å². The number of hydrogen-bond donors (Lipinski definition) is 1. The summed E-state index contributed by atoms with van der Waals surface area (Å²) in [5, 5.41) is 4.65. The molecule has 0 saturated carbocycles. The van der Waals surface area contributed by atoms with Gasteiger partial charge in [0, 0.05) is 38.7 Å². The fraction of sp³-hybridized carbons (Fsp3) is 0. The molecule has 0 unspecified atom stereocenters. The number of benzene rings is 7. The smallest absolute Gasteiger partial charge is 0.179 e. The van der Waals surface area contributed by atoms with Crippen molar-refractivity contribution in [2.75, 3.05) is 0 Å². The second-order valence-corrected chi connectivity index (χ2v) is 14.6. The normalized spacial score (nSPS) is 12.0. The minimum absolute atomic E-state index is 0.484. The van der Waals surface area contributed by atoms with Gasteiger partial charge in [-0.2, -0.15) is 0 Å². The molecule has 0 aliphatic heterocycles. The average molecular weight is 771 g/mol. The molecule has 10 aromatic rings. The molecule has 60 heavy (non-hydrogen) atoms. The lowest BCUT2D eigenvalue weighted by molar-refractivity contribution is 1.06. The highest BCUT2D eigenvalue weighted by atomic mass is 15.1. The summed E-state index contributed by atoms with van der Waals surface area (Å²) in [7, 11) is 0. The Kier molecular flexibility index (Phi) is 9.40. The van der Waals surface area contributed by atoms with E-state index >= 15 is 0 Å². The number of aromatic nitrogens is 4. The summed E-state index contributed by atoms with van der Waals surface area (Å²) in [6, 6.07) is 67.8. The van der Waals surface area contributed by atoms with Crippen LogP contribution < -0.4 is 5.73 Å². The molecule has 0 bridgehead atoms. The summed E-state index contributed by atoms with van der Waals surface area (Å²) >= 11 is 0. The predicted molar refractivity (Wildman–Crippen MR) is 249 cm³/mol. The van der Waals surface area contributed by atoms with E-state index < -0.39 is 0 Å². The van der Waals surface area contributed by atoms with Gasteiger partial charge in [-0.1, -0.05) is 176 Å². The molecule has 10 rings (SSSR count). The molecule has 0 atom stereocenters. The molecule has 0 radical (unpaired) electrons. The zero-order valence-corrected chi connectivity index (χ0v) is 32.7. The van der Waals surface area contributed by atoms with Gasteiger partial charge in [0.15, 0.2) is 5.82 Å². The fourth-order valence-electron chi connectivity index (χ4n) is 7.83. The van der Waals surface area contributed by atoms with Crippen LogP contribution in [0.25, 0.3) is 83.8 Å². The van der Waals surface area contributed by atoms with Gasteiger partial charge in [0.05, 0.1) is 33.8 Å². The average Bonchev–Trinajstić information content (AvgIpc) is 3.67. The topological polar surface area (TPSA) is 82.0 Å². The van der Waals surface area contributed by atoms with Crippen molar-refractivity contribution in [2.45, 2.75) is 0 Å². The van der Waals surface area contributed by atoms with Gasteiger partial charge in [-0.25, -0.2) is 19.9 Å². The summed E-state index contributed by atoms with van der Waals surface area (Å²) in [4.78, 5) is 21.0. The molecule has 0 spiro atoms. The Morgan fingerprint density at radius 3 is 1.73 bits per heavy atom. The Hall–Kier alpha value is -8.22. The number of nitrogens with two attached hydrogens (primary N) is 1. The number of fused-ring (bicyclic) bond motifs is 5. The van der Waals surface area contributed by atoms with Crippen molar-refractivity contribution in [2.24, 2.45) is 10.7 Å². The lowest BCUT2D eigenvalue weighted by Gasteiger charge is -2.14. The third-order valence-corrected chi connectivity index (χ3v) is 10.8. The van der Waals surface area contributed by atoms with E-state index in [-0.39, 0.29) is 0 Å². The number of nitrogens with zero attached hydrogens (tertiary/aromatic N) is 5. The number of aliphatic imine (C=N–C) groups is 1. The van der Waals surface area contributed by atoms with Crippen molar-refractivity contribution in [1.29, 1.82) is 0 Å². The third kappa shape index (κ3) is 6.93. The number of rotatable bonds is 9. The summed E-state index contributed by atoms with van der Waals surface area (Å²) < 4.78 is 2.23. The van der Waals surface area contributed by atoms with Gasteiger partial charge in [-0.3, -0.25) is 4.57 Å². The molecule has 0 saturated heterocycles. The van der Waals surface area contributed by atoms with Crippen LogP contribution in [0.5, 0.6) is 0 Å². The Balaban J connectivity index is 1.23. The zero-order valence-electron chi connectivity index (χ0n) is 32.7. The molecule has 3 heterocycles. The van der Waals surface area contributed by atoms with Gasteiger partial charge in [0.1, 0.15) is 11.5 Å². The van der Waals surface area contributed by atoms with E-state index in [0.29, 0.717) is 34.4 Å². The van der Waals surface area contributed by atoms with Crippen molar-refractivity contribution < 1.29 is 0 Å². The maximum atomic E-state index is 6.73. The molecule has 6 heteroatoms. The van der Waals surface area contributed by atoms with Gasteiger partial charge in [0.2, 0.25) is 0 Å². The van der Waals surface area contributed by atoms with Crippen LogP contribution in [0, 0.1) is 0 Å². The van der Waals surface area contributed by atoms with Crippen LogP contribution in [0.15, 0.2) is 218 Å². The van der Waals surface area contributed by atoms with Crippen molar-refractivity contribution in [3.8, 4) is 39.9 Å². The zero-order chi connectivity index (χ0) is 40.4. The Bertz CT molecular complexity index is 3200. The first-order valence-electron chi connectivity index (χ1n) is 19.9. The van der Waals surface area contributed by atoms with Crippen molar-refractivity contribution in [3.05, 3.63) is 230 Å². The Morgan fingerprint density at radius 2 is 1.07 bits per heavy atom. The Morgan fingerprint density at radius 1 is 0.500 bits per heavy atom. The largest absolute Gasteiger partial charge is 0.398 e. The quantitative estimate of drug-likeness (QED) is 0.148. The molecule has 6 nitrogen and oxygen atoms in total. The molecular weight excluding hydrogens is 733 g/mol. The maximum absolute atomic E-state index is 6.73. The van der Waals surface area contributed by atoms with Crippen LogP contribution in [-0.4, -0.2) is 25.2 Å². The standard InChI is InChI=1S/C54H38N6/c1-36(56-46(39-21-8-3-9-22-39)34-45(55)38-19-6-2-7-20-38)42-32-49(54-58-47(40-23-10-4-11-24-40)35-48(59-54)41-25-12-5-13-26-41)57-52(33-42)60-50-29-17-16-28-44(50)53-43-27-15-14-18-37(43)30-31-51(53)60/h2-35H,1,55H2/b45-34-,56-46?. The second kappa shape index (κ2) is 15.6. The van der Waals surface area contributed by atoms with E-state index in [0.717, 1.165) is 61.0 Å². The van der Waals surface area contributed by atoms with E-state index in [1.54, 1.807) is 0 Å². The minimum Gasteiger partial charge on any atom is -0.398 e. The molecule has 0 fully saturated rings. The lowest BCUT2D eigenvalue weighted by Crippen LogP contribution is -2.05. The monoisotopic (exact) mass is 770 g/mol.